The van der Waals surface area contributed by atoms with Crippen molar-refractivity contribution in [2.45, 2.75) is 6.61 Å². The van der Waals surface area contributed by atoms with Crippen LogP contribution in [-0.2, 0) is 9.53 Å². The summed E-state index contributed by atoms with van der Waals surface area (Å²) < 4.78 is 33.6. The second kappa shape index (κ2) is 6.80. The number of carbonyl (C=O) groups is 1. The van der Waals surface area contributed by atoms with E-state index in [1.165, 1.54) is 30.3 Å². The van der Waals surface area contributed by atoms with Crippen molar-refractivity contribution in [3.8, 4) is 5.75 Å². The fraction of sp³-hybridized carbons (Fsp3) is 0.0588. The summed E-state index contributed by atoms with van der Waals surface area (Å²) in [6.07, 6.45) is 1.52. The highest BCUT2D eigenvalue weighted by molar-refractivity contribution is 6.32. The van der Waals surface area contributed by atoms with Crippen molar-refractivity contribution in [3.63, 3.8) is 0 Å². The molecule has 2 aromatic carbocycles. The Morgan fingerprint density at radius 1 is 1.12 bits per heavy atom. The Labute approximate surface area is 141 Å². The topological polar surface area (TPSA) is 47.9 Å². The van der Waals surface area contributed by atoms with E-state index in [1.807, 2.05) is 0 Å². The van der Waals surface area contributed by atoms with Crippen LogP contribution in [0.25, 0.3) is 6.08 Å². The van der Waals surface area contributed by atoms with Crippen molar-refractivity contribution in [3.05, 3.63) is 70.4 Å². The molecule has 0 spiro atoms. The molecule has 0 bridgehead atoms. The molecule has 3 rings (SSSR count). The lowest BCUT2D eigenvalue weighted by molar-refractivity contribution is -0.129. The number of benzene rings is 2. The zero-order chi connectivity index (χ0) is 17.1. The van der Waals surface area contributed by atoms with Crippen LogP contribution < -0.4 is 4.74 Å². The van der Waals surface area contributed by atoms with Gasteiger partial charge in [-0.15, -0.1) is 0 Å². The number of carbonyl (C=O) groups excluding carboxylic acids is 1. The molecule has 0 saturated heterocycles. The van der Waals surface area contributed by atoms with E-state index in [2.05, 4.69) is 9.73 Å². The second-order valence-corrected chi connectivity index (χ2v) is 5.17. The Morgan fingerprint density at radius 2 is 1.83 bits per heavy atom. The molecule has 0 atom stereocenters. The van der Waals surface area contributed by atoms with E-state index in [-0.39, 0.29) is 17.3 Å². The van der Waals surface area contributed by atoms with Crippen molar-refractivity contribution < 1.29 is 23.0 Å². The molecule has 0 unspecified atom stereocenters. The number of ether oxygens (including phenoxy) is 2. The van der Waals surface area contributed by atoms with Gasteiger partial charge in [0.05, 0.1) is 0 Å². The van der Waals surface area contributed by atoms with Crippen LogP contribution in [0.1, 0.15) is 11.1 Å². The SMILES string of the molecule is O=C1OC(c2ccc(OC(F)F)cc2)=N/C1=C\c1ccccc1Cl. The Balaban J connectivity index is 1.85. The summed E-state index contributed by atoms with van der Waals surface area (Å²) in [5, 5.41) is 0.481. The molecule has 0 radical (unpaired) electrons. The summed E-state index contributed by atoms with van der Waals surface area (Å²) in [6.45, 7) is -2.90. The highest BCUT2D eigenvalue weighted by atomic mass is 35.5. The average Bonchev–Trinajstić information content (AvgIpc) is 2.91. The van der Waals surface area contributed by atoms with Gasteiger partial charge in [0.15, 0.2) is 5.70 Å². The van der Waals surface area contributed by atoms with Crippen molar-refractivity contribution in [2.75, 3.05) is 0 Å². The largest absolute Gasteiger partial charge is 0.435 e. The molecule has 2 aromatic rings. The Morgan fingerprint density at radius 3 is 2.50 bits per heavy atom. The minimum atomic E-state index is -2.90. The molecule has 0 amide bonds. The molecule has 7 heteroatoms. The van der Waals surface area contributed by atoms with Crippen LogP contribution in [-0.4, -0.2) is 18.5 Å². The number of hydrogen-bond acceptors (Lipinski definition) is 4. The van der Waals surface area contributed by atoms with Gasteiger partial charge in [-0.2, -0.15) is 8.78 Å². The van der Waals surface area contributed by atoms with Crippen molar-refractivity contribution >= 4 is 29.5 Å². The molecule has 1 heterocycles. The number of nitrogens with zero attached hydrogens (tertiary/aromatic N) is 1. The van der Waals surface area contributed by atoms with Gasteiger partial charge in [0.2, 0.25) is 5.90 Å². The first-order valence-electron chi connectivity index (χ1n) is 6.85. The van der Waals surface area contributed by atoms with Crippen molar-refractivity contribution in [2.24, 2.45) is 4.99 Å². The number of esters is 1. The number of rotatable bonds is 4. The average molecular weight is 350 g/mol. The number of aliphatic imine (C=N–C) groups is 1. The van der Waals surface area contributed by atoms with Crippen LogP contribution in [0, 0.1) is 0 Å². The summed E-state index contributed by atoms with van der Waals surface area (Å²) in [7, 11) is 0. The van der Waals surface area contributed by atoms with Crippen LogP contribution in [0.15, 0.2) is 59.2 Å². The van der Waals surface area contributed by atoms with Crippen molar-refractivity contribution in [1.29, 1.82) is 0 Å². The lowest BCUT2D eigenvalue weighted by atomic mass is 10.2. The van der Waals surface area contributed by atoms with Gasteiger partial charge in [0, 0.05) is 10.6 Å². The number of alkyl halides is 2. The van der Waals surface area contributed by atoms with Gasteiger partial charge in [-0.1, -0.05) is 29.8 Å². The molecule has 0 fully saturated rings. The Kier molecular flexibility index (Phi) is 4.57. The van der Waals surface area contributed by atoms with Gasteiger partial charge in [-0.25, -0.2) is 9.79 Å². The molecule has 1 aliphatic rings. The normalized spacial score (nSPS) is 15.6. The second-order valence-electron chi connectivity index (χ2n) is 4.76. The van der Waals surface area contributed by atoms with Gasteiger partial charge in [0.25, 0.3) is 0 Å². The minimum Gasteiger partial charge on any atom is -0.435 e. The van der Waals surface area contributed by atoms with Gasteiger partial charge >= 0.3 is 12.6 Å². The first kappa shape index (κ1) is 16.1. The fourth-order valence-corrected chi connectivity index (χ4v) is 2.24. The quantitative estimate of drug-likeness (QED) is 0.611. The maximum absolute atomic E-state index is 12.1. The molecule has 1 aliphatic heterocycles. The third kappa shape index (κ3) is 3.60. The van der Waals surface area contributed by atoms with E-state index < -0.39 is 12.6 Å². The molecule has 0 aliphatic carbocycles. The highest BCUT2D eigenvalue weighted by Gasteiger charge is 2.24. The van der Waals surface area contributed by atoms with Gasteiger partial charge < -0.3 is 9.47 Å². The highest BCUT2D eigenvalue weighted by Crippen LogP contribution is 2.24. The Bertz CT molecular complexity index is 832. The van der Waals surface area contributed by atoms with Crippen LogP contribution in [0.5, 0.6) is 5.75 Å². The van der Waals surface area contributed by atoms with E-state index in [0.717, 1.165) is 0 Å². The van der Waals surface area contributed by atoms with E-state index in [9.17, 15) is 13.6 Å². The monoisotopic (exact) mass is 349 g/mol. The van der Waals surface area contributed by atoms with Crippen LogP contribution in [0.4, 0.5) is 8.78 Å². The minimum absolute atomic E-state index is 0.00510. The molecule has 0 saturated carbocycles. The first-order chi connectivity index (χ1) is 11.5. The maximum atomic E-state index is 12.1. The zero-order valence-electron chi connectivity index (χ0n) is 12.1. The fourth-order valence-electron chi connectivity index (χ4n) is 2.05. The molecular formula is C17H10ClF2NO3. The molecule has 24 heavy (non-hydrogen) atoms. The van der Waals surface area contributed by atoms with Crippen LogP contribution in [0.2, 0.25) is 5.02 Å². The number of halogens is 3. The molecule has 4 nitrogen and oxygen atoms in total. The summed E-state index contributed by atoms with van der Waals surface area (Å²) in [5.41, 5.74) is 1.20. The summed E-state index contributed by atoms with van der Waals surface area (Å²) in [4.78, 5) is 16.0. The lowest BCUT2D eigenvalue weighted by Crippen LogP contribution is -2.06. The van der Waals surface area contributed by atoms with E-state index >= 15 is 0 Å². The zero-order valence-corrected chi connectivity index (χ0v) is 12.8. The van der Waals surface area contributed by atoms with Gasteiger partial charge in [-0.05, 0) is 42.0 Å². The van der Waals surface area contributed by atoms with E-state index in [1.54, 1.807) is 24.3 Å². The van der Waals surface area contributed by atoms with E-state index in [0.29, 0.717) is 16.1 Å². The molecular weight excluding hydrogens is 340 g/mol. The van der Waals surface area contributed by atoms with Gasteiger partial charge in [-0.3, -0.25) is 0 Å². The predicted octanol–water partition coefficient (Wildman–Crippen LogP) is 4.29. The van der Waals surface area contributed by atoms with Crippen molar-refractivity contribution in [1.82, 2.24) is 0 Å². The van der Waals surface area contributed by atoms with Gasteiger partial charge in [0.1, 0.15) is 5.75 Å². The number of cyclic esters (lactones) is 1. The third-order valence-corrected chi connectivity index (χ3v) is 3.49. The van der Waals surface area contributed by atoms with Crippen LogP contribution in [0.3, 0.4) is 0 Å². The Hall–Kier alpha value is -2.73. The first-order valence-corrected chi connectivity index (χ1v) is 7.23. The lowest BCUT2D eigenvalue weighted by Gasteiger charge is -2.04. The molecule has 0 aromatic heterocycles. The number of hydrogen-bond donors (Lipinski definition) is 0. The molecule has 0 N–H and O–H groups in total. The maximum Gasteiger partial charge on any atom is 0.387 e. The smallest absolute Gasteiger partial charge is 0.387 e. The van der Waals surface area contributed by atoms with Crippen LogP contribution >= 0.6 is 11.6 Å². The standard InChI is InChI=1S/C17H10ClF2NO3/c18-13-4-2-1-3-11(13)9-14-16(22)24-15(21-14)10-5-7-12(8-6-10)23-17(19)20/h1-9,17H/b14-9-. The molecule has 122 valence electrons. The summed E-state index contributed by atoms with van der Waals surface area (Å²) in [5.74, 6) is -0.523. The summed E-state index contributed by atoms with van der Waals surface area (Å²) >= 11 is 6.04. The summed E-state index contributed by atoms with van der Waals surface area (Å²) in [6, 6.07) is 12.6. The third-order valence-electron chi connectivity index (χ3n) is 3.14. The predicted molar refractivity (Wildman–Crippen MR) is 85.1 cm³/mol. The van der Waals surface area contributed by atoms with E-state index in [4.69, 9.17) is 16.3 Å².